The number of rotatable bonds is 5. The van der Waals surface area contributed by atoms with Gasteiger partial charge in [-0.2, -0.15) is 0 Å². The van der Waals surface area contributed by atoms with E-state index in [4.69, 9.17) is 26.4 Å². The number of hydrogen-bond acceptors (Lipinski definition) is 5. The van der Waals surface area contributed by atoms with Gasteiger partial charge in [-0.1, -0.05) is 0 Å². The lowest BCUT2D eigenvalue weighted by molar-refractivity contribution is -0.123. The van der Waals surface area contributed by atoms with Gasteiger partial charge in [-0.05, 0) is 43.3 Å². The predicted molar refractivity (Wildman–Crippen MR) is 93.9 cm³/mol. The maximum Gasteiger partial charge on any atom is 0.276 e. The molecule has 2 aliphatic rings. The van der Waals surface area contributed by atoms with Crippen LogP contribution < -0.4 is 14.8 Å². The van der Waals surface area contributed by atoms with E-state index in [1.165, 1.54) is 0 Å². The van der Waals surface area contributed by atoms with Gasteiger partial charge >= 0.3 is 0 Å². The van der Waals surface area contributed by atoms with E-state index in [2.05, 4.69) is 5.32 Å². The zero-order valence-electron chi connectivity index (χ0n) is 13.7. The van der Waals surface area contributed by atoms with Crippen LogP contribution in [0.15, 0.2) is 23.9 Å². The minimum absolute atomic E-state index is 0.0589. The fourth-order valence-electron chi connectivity index (χ4n) is 2.82. The third-order valence-corrected chi connectivity index (χ3v) is 4.44. The maximum absolute atomic E-state index is 12.6. The highest BCUT2D eigenvalue weighted by atomic mass is 32.1. The van der Waals surface area contributed by atoms with E-state index < -0.39 is 0 Å². The zero-order valence-corrected chi connectivity index (χ0v) is 14.5. The van der Waals surface area contributed by atoms with Crippen LogP contribution in [0.2, 0.25) is 0 Å². The summed E-state index contributed by atoms with van der Waals surface area (Å²) in [5, 5.41) is 3.39. The second-order valence-electron chi connectivity index (χ2n) is 5.65. The van der Waals surface area contributed by atoms with Gasteiger partial charge < -0.3 is 19.5 Å². The maximum atomic E-state index is 12.6. The zero-order chi connectivity index (χ0) is 17.1. The largest absolute Gasteiger partial charge is 0.497 e. The Balaban J connectivity index is 1.80. The lowest BCUT2D eigenvalue weighted by Crippen LogP contribution is -2.37. The van der Waals surface area contributed by atoms with E-state index in [0.717, 1.165) is 25.0 Å². The molecule has 1 atom stereocenters. The first-order chi connectivity index (χ1) is 11.6. The first kappa shape index (κ1) is 16.7. The number of ether oxygens (including phenoxy) is 3. The summed E-state index contributed by atoms with van der Waals surface area (Å²) in [6, 6.07) is 5.43. The molecule has 6 nitrogen and oxygen atoms in total. The van der Waals surface area contributed by atoms with E-state index >= 15 is 0 Å². The van der Waals surface area contributed by atoms with Crippen LogP contribution in [0.4, 0.5) is 0 Å². The molecule has 0 spiro atoms. The molecular weight excluding hydrogens is 328 g/mol. The van der Waals surface area contributed by atoms with E-state index in [0.29, 0.717) is 28.9 Å². The SMILES string of the molecule is COc1ccc(/C=C2\NC(=S)N(C[C@@H]3CCCO3)C2=O)c(OC)c1. The van der Waals surface area contributed by atoms with E-state index in [-0.39, 0.29) is 12.0 Å². The standard InChI is InChI=1S/C17H20N2O4S/c1-21-12-6-5-11(15(9-12)22-2)8-14-16(20)19(17(24)18-14)10-13-4-3-7-23-13/h5-6,8-9,13H,3-4,7,10H2,1-2H3,(H,18,24)/b14-8-/t13-/m0/s1. The van der Waals surface area contributed by atoms with E-state index in [1.54, 1.807) is 31.3 Å². The lowest BCUT2D eigenvalue weighted by atomic mass is 10.1. The minimum Gasteiger partial charge on any atom is -0.497 e. The number of carbonyl (C=O) groups is 1. The number of benzene rings is 1. The van der Waals surface area contributed by atoms with Crippen molar-refractivity contribution in [2.24, 2.45) is 0 Å². The highest BCUT2D eigenvalue weighted by Crippen LogP contribution is 2.27. The van der Waals surface area contributed by atoms with Crippen LogP contribution in [0, 0.1) is 0 Å². The highest BCUT2D eigenvalue weighted by molar-refractivity contribution is 7.80. The fraction of sp³-hybridized carbons (Fsp3) is 0.412. The van der Waals surface area contributed by atoms with Crippen LogP contribution in [-0.4, -0.2) is 49.4 Å². The summed E-state index contributed by atoms with van der Waals surface area (Å²) in [6.07, 6.45) is 3.78. The van der Waals surface area contributed by atoms with Gasteiger partial charge in [-0.25, -0.2) is 0 Å². The molecule has 128 valence electrons. The molecule has 0 aliphatic carbocycles. The van der Waals surface area contributed by atoms with Crippen LogP contribution >= 0.6 is 12.2 Å². The number of nitrogens with zero attached hydrogens (tertiary/aromatic N) is 1. The van der Waals surface area contributed by atoms with Crippen LogP contribution in [0.5, 0.6) is 11.5 Å². The highest BCUT2D eigenvalue weighted by Gasteiger charge is 2.33. The molecule has 2 saturated heterocycles. The summed E-state index contributed by atoms with van der Waals surface area (Å²) >= 11 is 5.29. The Morgan fingerprint density at radius 2 is 2.25 bits per heavy atom. The molecule has 24 heavy (non-hydrogen) atoms. The average molecular weight is 348 g/mol. The molecule has 1 aromatic carbocycles. The van der Waals surface area contributed by atoms with Crippen LogP contribution in [0.1, 0.15) is 18.4 Å². The normalized spacial score (nSPS) is 22.2. The summed E-state index contributed by atoms with van der Waals surface area (Å²) in [4.78, 5) is 14.2. The summed E-state index contributed by atoms with van der Waals surface area (Å²) < 4.78 is 16.1. The summed E-state index contributed by atoms with van der Waals surface area (Å²) in [6.45, 7) is 1.24. The topological polar surface area (TPSA) is 60.0 Å². The summed E-state index contributed by atoms with van der Waals surface area (Å²) in [7, 11) is 3.17. The van der Waals surface area contributed by atoms with Crippen LogP contribution in [0.3, 0.4) is 0 Å². The van der Waals surface area contributed by atoms with Crippen molar-refractivity contribution in [3.8, 4) is 11.5 Å². The molecule has 0 radical (unpaired) electrons. The molecule has 2 fully saturated rings. The predicted octanol–water partition coefficient (Wildman–Crippen LogP) is 1.94. The summed E-state index contributed by atoms with van der Waals surface area (Å²) in [5.74, 6) is 1.17. The van der Waals surface area contributed by atoms with E-state index in [9.17, 15) is 4.79 Å². The Kier molecular flexibility index (Phi) is 5.01. The number of thiocarbonyl (C=S) groups is 1. The van der Waals surface area contributed by atoms with Gasteiger partial charge in [0.15, 0.2) is 5.11 Å². The van der Waals surface area contributed by atoms with Gasteiger partial charge in [0.2, 0.25) is 0 Å². The molecule has 1 N–H and O–H groups in total. The van der Waals surface area contributed by atoms with Crippen molar-refractivity contribution < 1.29 is 19.0 Å². The van der Waals surface area contributed by atoms with Crippen molar-refractivity contribution >= 4 is 29.3 Å². The monoisotopic (exact) mass is 348 g/mol. The molecule has 0 saturated carbocycles. The molecule has 3 rings (SSSR count). The number of amides is 1. The van der Waals surface area contributed by atoms with Gasteiger partial charge in [0.05, 0.1) is 26.9 Å². The summed E-state index contributed by atoms with van der Waals surface area (Å²) in [5.41, 5.74) is 1.21. The van der Waals surface area contributed by atoms with Gasteiger partial charge in [-0.15, -0.1) is 0 Å². The molecule has 2 heterocycles. The van der Waals surface area contributed by atoms with Gasteiger partial charge in [-0.3, -0.25) is 9.69 Å². The van der Waals surface area contributed by atoms with Gasteiger partial charge in [0, 0.05) is 18.2 Å². The van der Waals surface area contributed by atoms with Crippen molar-refractivity contribution in [1.29, 1.82) is 0 Å². The van der Waals surface area contributed by atoms with E-state index in [1.807, 2.05) is 12.1 Å². The van der Waals surface area contributed by atoms with Crippen LogP contribution in [0.25, 0.3) is 6.08 Å². The minimum atomic E-state index is -0.145. The Hall–Kier alpha value is -2.12. The number of hydrogen-bond donors (Lipinski definition) is 1. The third-order valence-electron chi connectivity index (χ3n) is 4.11. The Morgan fingerprint density at radius 3 is 2.92 bits per heavy atom. The smallest absolute Gasteiger partial charge is 0.276 e. The fourth-order valence-corrected chi connectivity index (χ4v) is 3.09. The van der Waals surface area contributed by atoms with Crippen molar-refractivity contribution in [2.45, 2.75) is 18.9 Å². The second-order valence-corrected chi connectivity index (χ2v) is 6.03. The Morgan fingerprint density at radius 1 is 1.42 bits per heavy atom. The lowest BCUT2D eigenvalue weighted by Gasteiger charge is -2.18. The van der Waals surface area contributed by atoms with Gasteiger partial charge in [0.25, 0.3) is 5.91 Å². The second kappa shape index (κ2) is 7.19. The first-order valence-corrected chi connectivity index (χ1v) is 8.21. The number of carbonyl (C=O) groups excluding carboxylic acids is 1. The molecule has 0 unspecified atom stereocenters. The molecule has 7 heteroatoms. The first-order valence-electron chi connectivity index (χ1n) is 7.80. The molecular formula is C17H20N2O4S. The molecule has 1 aromatic rings. The van der Waals surface area contributed by atoms with Crippen molar-refractivity contribution in [1.82, 2.24) is 10.2 Å². The molecule has 0 aromatic heterocycles. The third kappa shape index (κ3) is 3.37. The quantitative estimate of drug-likeness (QED) is 0.648. The average Bonchev–Trinajstić information content (AvgIpc) is 3.19. The van der Waals surface area contributed by atoms with Crippen molar-refractivity contribution in [2.75, 3.05) is 27.4 Å². The number of nitrogens with one attached hydrogen (secondary N) is 1. The Bertz CT molecular complexity index is 683. The van der Waals surface area contributed by atoms with Gasteiger partial charge in [0.1, 0.15) is 17.2 Å². The molecule has 2 aliphatic heterocycles. The van der Waals surface area contributed by atoms with Crippen LogP contribution in [-0.2, 0) is 9.53 Å². The molecule has 0 bridgehead atoms. The molecule has 1 amide bonds. The number of methoxy groups -OCH3 is 2. The van der Waals surface area contributed by atoms with Crippen molar-refractivity contribution in [3.05, 3.63) is 29.5 Å². The van der Waals surface area contributed by atoms with Crippen molar-refractivity contribution in [3.63, 3.8) is 0 Å². The Labute approximate surface area is 146 Å².